The van der Waals surface area contributed by atoms with Gasteiger partial charge in [0, 0.05) is 4.88 Å². The van der Waals surface area contributed by atoms with E-state index in [0.29, 0.717) is 17.7 Å². The summed E-state index contributed by atoms with van der Waals surface area (Å²) in [5.74, 6) is -0.880. The molecule has 0 bridgehead atoms. The number of nitrogens with one attached hydrogen (secondary N) is 2. The highest BCUT2D eigenvalue weighted by Crippen LogP contribution is 2.25. The minimum Gasteiger partial charge on any atom is -0.322 e. The number of hydrogen-bond donors (Lipinski definition) is 2. The van der Waals surface area contributed by atoms with Gasteiger partial charge in [-0.2, -0.15) is 5.01 Å². The van der Waals surface area contributed by atoms with Gasteiger partial charge in [0.05, 0.1) is 4.88 Å². The topological polar surface area (TPSA) is 78.5 Å². The third-order valence-electron chi connectivity index (χ3n) is 4.99. The summed E-state index contributed by atoms with van der Waals surface area (Å²) in [5, 5.41) is 3.53. The fourth-order valence-electron chi connectivity index (χ4n) is 3.30. The number of rotatable bonds is 7. The van der Waals surface area contributed by atoms with Crippen molar-refractivity contribution in [3.8, 4) is 0 Å². The Morgan fingerprint density at radius 2 is 1.93 bits per heavy atom. The van der Waals surface area contributed by atoms with Gasteiger partial charge in [0.25, 0.3) is 11.8 Å². The van der Waals surface area contributed by atoms with Crippen molar-refractivity contribution in [1.82, 2.24) is 15.8 Å². The second-order valence-corrected chi connectivity index (χ2v) is 8.53. The molecule has 1 unspecified atom stereocenters. The number of amides is 4. The lowest BCUT2D eigenvalue weighted by atomic mass is 9.93. The fraction of sp³-hybridized carbons (Fsp3) is 0.381. The van der Waals surface area contributed by atoms with Crippen LogP contribution in [0.4, 0.5) is 4.79 Å². The summed E-state index contributed by atoms with van der Waals surface area (Å²) in [6, 6.07) is 11.0. The second kappa shape index (κ2) is 8.14. The summed E-state index contributed by atoms with van der Waals surface area (Å²) >= 11 is 1.37. The van der Waals surface area contributed by atoms with Gasteiger partial charge in [-0.1, -0.05) is 43.7 Å². The summed E-state index contributed by atoms with van der Waals surface area (Å²) < 4.78 is 0. The van der Waals surface area contributed by atoms with Crippen molar-refractivity contribution in [2.45, 2.75) is 52.0 Å². The van der Waals surface area contributed by atoms with Crippen LogP contribution in [0.2, 0.25) is 0 Å². The van der Waals surface area contributed by atoms with Gasteiger partial charge >= 0.3 is 6.03 Å². The maximum atomic E-state index is 12.8. The number of benzene rings is 1. The number of aryl methyl sites for hydroxylation is 3. The van der Waals surface area contributed by atoms with E-state index in [-0.39, 0.29) is 0 Å². The Balaban J connectivity index is 1.67. The molecule has 0 saturated carbocycles. The zero-order valence-corrected chi connectivity index (χ0v) is 17.2. The molecule has 28 heavy (non-hydrogen) atoms. The molecule has 1 saturated heterocycles. The number of nitrogens with zero attached hydrogens (tertiary/aromatic N) is 1. The molecular weight excluding hydrogens is 374 g/mol. The lowest BCUT2D eigenvalue weighted by Crippen LogP contribution is -2.48. The van der Waals surface area contributed by atoms with Crippen molar-refractivity contribution >= 4 is 29.2 Å². The van der Waals surface area contributed by atoms with Gasteiger partial charge in [-0.15, -0.1) is 11.3 Å². The molecule has 0 aliphatic carbocycles. The van der Waals surface area contributed by atoms with Crippen molar-refractivity contribution in [3.63, 3.8) is 0 Å². The Morgan fingerprint density at radius 1 is 1.21 bits per heavy atom. The van der Waals surface area contributed by atoms with Gasteiger partial charge in [-0.25, -0.2) is 4.79 Å². The Bertz CT molecular complexity index is 894. The van der Waals surface area contributed by atoms with Gasteiger partial charge < -0.3 is 5.32 Å². The van der Waals surface area contributed by atoms with Crippen LogP contribution in [0, 0.1) is 6.92 Å². The average molecular weight is 400 g/mol. The predicted octanol–water partition coefficient (Wildman–Crippen LogP) is 3.60. The standard InChI is InChI=1S/C21H25N3O3S/c1-4-8-16-13-17(28-14(16)2)18(25)23-24-19(26)21(3,22-20(24)27)12-11-15-9-6-5-7-10-15/h5-7,9-10,13H,4,8,11-12H2,1-3H3,(H,22,27)(H,23,25). The zero-order valence-electron chi connectivity index (χ0n) is 16.4. The van der Waals surface area contributed by atoms with E-state index in [4.69, 9.17) is 0 Å². The van der Waals surface area contributed by atoms with Gasteiger partial charge in [0.15, 0.2) is 0 Å². The third-order valence-corrected chi connectivity index (χ3v) is 6.09. The molecule has 2 N–H and O–H groups in total. The van der Waals surface area contributed by atoms with Crippen LogP contribution in [0.3, 0.4) is 0 Å². The van der Waals surface area contributed by atoms with E-state index in [9.17, 15) is 14.4 Å². The quantitative estimate of drug-likeness (QED) is 0.698. The van der Waals surface area contributed by atoms with Crippen molar-refractivity contribution in [3.05, 3.63) is 57.3 Å². The first-order valence-electron chi connectivity index (χ1n) is 9.45. The fourth-order valence-corrected chi connectivity index (χ4v) is 4.26. The molecule has 3 rings (SSSR count). The molecule has 0 radical (unpaired) electrons. The maximum Gasteiger partial charge on any atom is 0.344 e. The first-order chi connectivity index (χ1) is 13.3. The van der Waals surface area contributed by atoms with Crippen LogP contribution >= 0.6 is 11.3 Å². The normalized spacial score (nSPS) is 19.0. The number of hydrogen-bond acceptors (Lipinski definition) is 4. The van der Waals surface area contributed by atoms with Crippen LogP contribution in [0.5, 0.6) is 0 Å². The number of hydrazine groups is 1. The smallest absolute Gasteiger partial charge is 0.322 e. The Hall–Kier alpha value is -2.67. The molecular formula is C21H25N3O3S. The minimum atomic E-state index is -1.04. The van der Waals surface area contributed by atoms with Crippen LogP contribution in [-0.4, -0.2) is 28.4 Å². The lowest BCUT2D eigenvalue weighted by Gasteiger charge is -2.21. The summed E-state index contributed by atoms with van der Waals surface area (Å²) in [5.41, 5.74) is 3.65. The van der Waals surface area contributed by atoms with Crippen LogP contribution in [0.15, 0.2) is 36.4 Å². The monoisotopic (exact) mass is 399 g/mol. The number of urea groups is 1. The van der Waals surface area contributed by atoms with Crippen LogP contribution in [-0.2, 0) is 17.6 Å². The average Bonchev–Trinajstić information content (AvgIpc) is 3.14. The first-order valence-corrected chi connectivity index (χ1v) is 10.3. The van der Waals surface area contributed by atoms with Crippen LogP contribution in [0.25, 0.3) is 0 Å². The zero-order chi connectivity index (χ0) is 20.3. The van der Waals surface area contributed by atoms with Crippen LogP contribution in [0.1, 0.15) is 52.4 Å². The van der Waals surface area contributed by atoms with Gasteiger partial charge in [0.2, 0.25) is 0 Å². The van der Waals surface area contributed by atoms with E-state index >= 15 is 0 Å². The molecule has 6 nitrogen and oxygen atoms in total. The summed E-state index contributed by atoms with van der Waals surface area (Å²) in [6.07, 6.45) is 2.99. The molecule has 1 fully saturated rings. The highest BCUT2D eigenvalue weighted by molar-refractivity contribution is 7.14. The number of carbonyl (C=O) groups is 3. The van der Waals surface area contributed by atoms with Gasteiger partial charge in [0.1, 0.15) is 5.54 Å². The number of thiophene rings is 1. The summed E-state index contributed by atoms with van der Waals surface area (Å²) in [7, 11) is 0. The highest BCUT2D eigenvalue weighted by atomic mass is 32.1. The Morgan fingerprint density at radius 3 is 2.61 bits per heavy atom. The second-order valence-electron chi connectivity index (χ2n) is 7.27. The summed E-state index contributed by atoms with van der Waals surface area (Å²) in [4.78, 5) is 39.3. The Kier molecular flexibility index (Phi) is 5.84. The molecule has 1 atom stereocenters. The molecule has 4 amide bonds. The molecule has 1 aromatic heterocycles. The third kappa shape index (κ3) is 4.09. The van der Waals surface area contributed by atoms with Crippen molar-refractivity contribution in [2.75, 3.05) is 0 Å². The van der Waals surface area contributed by atoms with E-state index in [1.165, 1.54) is 11.3 Å². The first kappa shape index (κ1) is 20.1. The molecule has 1 aliphatic heterocycles. The lowest BCUT2D eigenvalue weighted by molar-refractivity contribution is -0.132. The minimum absolute atomic E-state index is 0.439. The number of carbonyl (C=O) groups excluding carboxylic acids is 3. The molecule has 2 aromatic rings. The van der Waals surface area contributed by atoms with Gasteiger partial charge in [-0.05, 0) is 50.3 Å². The number of imide groups is 1. The molecule has 0 spiro atoms. The largest absolute Gasteiger partial charge is 0.344 e. The van der Waals surface area contributed by atoms with E-state index in [2.05, 4.69) is 17.7 Å². The SMILES string of the molecule is CCCc1cc(C(=O)NN2C(=O)NC(C)(CCc3ccccc3)C2=O)sc1C. The van der Waals surface area contributed by atoms with E-state index in [1.807, 2.05) is 43.3 Å². The van der Waals surface area contributed by atoms with Crippen LogP contribution < -0.4 is 10.7 Å². The van der Waals surface area contributed by atoms with E-state index in [1.54, 1.807) is 6.92 Å². The Labute approximate surface area is 168 Å². The summed E-state index contributed by atoms with van der Waals surface area (Å²) in [6.45, 7) is 5.75. The van der Waals surface area contributed by atoms with Crippen molar-refractivity contribution in [2.24, 2.45) is 0 Å². The van der Waals surface area contributed by atoms with Crippen molar-refractivity contribution < 1.29 is 14.4 Å². The van der Waals surface area contributed by atoms with E-state index < -0.39 is 23.4 Å². The molecule has 1 aliphatic rings. The van der Waals surface area contributed by atoms with Crippen molar-refractivity contribution in [1.29, 1.82) is 0 Å². The van der Waals surface area contributed by atoms with Gasteiger partial charge in [-0.3, -0.25) is 15.0 Å². The highest BCUT2D eigenvalue weighted by Gasteiger charge is 2.48. The van der Waals surface area contributed by atoms with E-state index in [0.717, 1.165) is 33.9 Å². The maximum absolute atomic E-state index is 12.8. The molecule has 2 heterocycles. The predicted molar refractivity (Wildman–Crippen MR) is 109 cm³/mol. The molecule has 7 heteroatoms. The molecule has 148 valence electrons. The molecule has 1 aromatic carbocycles.